The highest BCUT2D eigenvalue weighted by Crippen LogP contribution is 2.17. The Kier molecular flexibility index (Phi) is 3.66. The molecule has 0 radical (unpaired) electrons. The van der Waals surface area contributed by atoms with E-state index in [1.165, 1.54) is 6.07 Å². The molecule has 0 bridgehead atoms. The largest absolute Gasteiger partial charge is 0.365 e. The van der Waals surface area contributed by atoms with E-state index in [2.05, 4.69) is 4.98 Å². The molecule has 2 rings (SSSR count). The maximum absolute atomic E-state index is 11.3. The summed E-state index contributed by atoms with van der Waals surface area (Å²) in [5.41, 5.74) is 6.36. The van der Waals surface area contributed by atoms with Gasteiger partial charge >= 0.3 is 0 Å². The number of amides is 1. The van der Waals surface area contributed by atoms with Crippen LogP contribution in [0.3, 0.4) is 0 Å². The Morgan fingerprint density at radius 3 is 2.68 bits per heavy atom. The highest BCUT2D eigenvalue weighted by Gasteiger charge is 2.13. The molecular formula is C13H13ClN4O. The summed E-state index contributed by atoms with van der Waals surface area (Å²) in [5.74, 6) is -0.664. The predicted molar refractivity (Wildman–Crippen MR) is 71.9 cm³/mol. The number of carbonyl (C=O) groups excluding carboxylic acids is 1. The van der Waals surface area contributed by atoms with Crippen LogP contribution in [0.2, 0.25) is 5.02 Å². The first-order valence-electron chi connectivity index (χ1n) is 5.66. The molecule has 2 aromatic heterocycles. The van der Waals surface area contributed by atoms with Crippen LogP contribution in [0.4, 0.5) is 0 Å². The number of halogens is 1. The highest BCUT2D eigenvalue weighted by atomic mass is 35.5. The normalized spacial score (nSPS) is 12.1. The van der Waals surface area contributed by atoms with Gasteiger partial charge in [-0.15, -0.1) is 0 Å². The third-order valence-corrected chi connectivity index (χ3v) is 3.14. The zero-order valence-corrected chi connectivity index (χ0v) is 11.1. The van der Waals surface area contributed by atoms with Gasteiger partial charge < -0.3 is 10.3 Å². The van der Waals surface area contributed by atoms with Crippen molar-refractivity contribution in [3.05, 3.63) is 58.4 Å². The quantitative estimate of drug-likeness (QED) is 0.894. The van der Waals surface area contributed by atoms with Crippen LogP contribution in [0, 0.1) is 5.41 Å². The molecular weight excluding hydrogens is 264 g/mol. The molecule has 0 aliphatic rings. The zero-order valence-electron chi connectivity index (χ0n) is 10.3. The Bertz CT molecular complexity index is 666. The summed E-state index contributed by atoms with van der Waals surface area (Å²) in [5, 5.41) is 8.41. The van der Waals surface area contributed by atoms with Crippen molar-refractivity contribution in [3.63, 3.8) is 0 Å². The average Bonchev–Trinajstić information content (AvgIpc) is 2.41. The third kappa shape index (κ3) is 2.66. The summed E-state index contributed by atoms with van der Waals surface area (Å²) in [4.78, 5) is 15.3. The molecule has 0 aromatic carbocycles. The maximum atomic E-state index is 11.3. The topological polar surface area (TPSA) is 84.8 Å². The van der Waals surface area contributed by atoms with Gasteiger partial charge in [0.1, 0.15) is 5.49 Å². The molecule has 0 fully saturated rings. The number of nitrogens with one attached hydrogen (secondary N) is 1. The van der Waals surface area contributed by atoms with Crippen molar-refractivity contribution < 1.29 is 4.79 Å². The Hall–Kier alpha value is -2.14. The fraction of sp³-hybridized carbons (Fsp3) is 0.154. The molecule has 5 nitrogen and oxygen atoms in total. The van der Waals surface area contributed by atoms with E-state index in [1.54, 1.807) is 23.2 Å². The van der Waals surface area contributed by atoms with E-state index in [1.807, 2.05) is 19.1 Å². The first kappa shape index (κ1) is 13.3. The number of nitrogens with two attached hydrogens (primary N) is 1. The van der Waals surface area contributed by atoms with Gasteiger partial charge in [0.25, 0.3) is 5.91 Å². The summed E-state index contributed by atoms with van der Waals surface area (Å²) in [6, 6.07) is 4.96. The SMILES string of the molecule is CC(c1ccncc1)n1cc(Cl)cc(C(N)=O)c1=N. The summed E-state index contributed by atoms with van der Waals surface area (Å²) in [6.45, 7) is 1.91. The first-order chi connectivity index (χ1) is 9.00. The minimum atomic E-state index is -0.664. The number of carbonyl (C=O) groups is 1. The first-order valence-corrected chi connectivity index (χ1v) is 6.04. The molecule has 98 valence electrons. The van der Waals surface area contributed by atoms with Crippen LogP contribution in [-0.4, -0.2) is 15.5 Å². The van der Waals surface area contributed by atoms with E-state index in [0.29, 0.717) is 5.02 Å². The van der Waals surface area contributed by atoms with E-state index in [0.717, 1.165) is 5.56 Å². The number of aromatic nitrogens is 2. The third-order valence-electron chi connectivity index (χ3n) is 2.93. The van der Waals surface area contributed by atoms with E-state index in [9.17, 15) is 4.79 Å². The highest BCUT2D eigenvalue weighted by molar-refractivity contribution is 6.30. The minimum Gasteiger partial charge on any atom is -0.365 e. The van der Waals surface area contributed by atoms with Gasteiger partial charge in [0.05, 0.1) is 16.6 Å². The Morgan fingerprint density at radius 2 is 2.11 bits per heavy atom. The van der Waals surface area contributed by atoms with E-state index >= 15 is 0 Å². The van der Waals surface area contributed by atoms with E-state index in [-0.39, 0.29) is 17.1 Å². The van der Waals surface area contributed by atoms with Crippen molar-refractivity contribution >= 4 is 17.5 Å². The van der Waals surface area contributed by atoms with Gasteiger partial charge in [-0.1, -0.05) is 11.6 Å². The number of hydrogen-bond donors (Lipinski definition) is 2. The standard InChI is InChI=1S/C13H13ClN4O/c1-8(9-2-4-17-5-3-9)18-7-10(14)6-11(12(18)15)13(16)19/h2-8,15H,1H3,(H2,16,19). The molecule has 3 N–H and O–H groups in total. The molecule has 19 heavy (non-hydrogen) atoms. The van der Waals surface area contributed by atoms with Crippen LogP contribution in [0.5, 0.6) is 0 Å². The van der Waals surface area contributed by atoms with Crippen LogP contribution < -0.4 is 11.2 Å². The van der Waals surface area contributed by atoms with Crippen molar-refractivity contribution in [2.45, 2.75) is 13.0 Å². The van der Waals surface area contributed by atoms with Crippen LogP contribution in [-0.2, 0) is 0 Å². The van der Waals surface area contributed by atoms with Crippen molar-refractivity contribution in [2.75, 3.05) is 0 Å². The smallest absolute Gasteiger partial charge is 0.252 e. The number of rotatable bonds is 3. The molecule has 1 amide bonds. The minimum absolute atomic E-state index is 0.0428. The molecule has 1 atom stereocenters. The van der Waals surface area contributed by atoms with E-state index in [4.69, 9.17) is 22.7 Å². The maximum Gasteiger partial charge on any atom is 0.252 e. The van der Waals surface area contributed by atoms with Gasteiger partial charge in [-0.25, -0.2) is 0 Å². The summed E-state index contributed by atoms with van der Waals surface area (Å²) < 4.78 is 1.61. The molecule has 0 aliphatic carbocycles. The van der Waals surface area contributed by atoms with Crippen LogP contribution in [0.15, 0.2) is 36.8 Å². The van der Waals surface area contributed by atoms with Gasteiger partial charge in [0.2, 0.25) is 0 Å². The monoisotopic (exact) mass is 276 g/mol. The van der Waals surface area contributed by atoms with Gasteiger partial charge in [0, 0.05) is 18.6 Å². The number of primary amides is 1. The van der Waals surface area contributed by atoms with Crippen LogP contribution in [0.1, 0.15) is 28.9 Å². The molecule has 0 saturated heterocycles. The Morgan fingerprint density at radius 1 is 1.47 bits per heavy atom. The second-order valence-corrected chi connectivity index (χ2v) is 4.59. The lowest BCUT2D eigenvalue weighted by molar-refractivity contribution is 0.0997. The number of hydrogen-bond acceptors (Lipinski definition) is 3. The molecule has 6 heteroatoms. The molecule has 2 aromatic rings. The molecule has 0 spiro atoms. The van der Waals surface area contributed by atoms with E-state index < -0.39 is 5.91 Å². The lowest BCUT2D eigenvalue weighted by atomic mass is 10.1. The second-order valence-electron chi connectivity index (χ2n) is 4.15. The Balaban J connectivity index is 2.57. The van der Waals surface area contributed by atoms with Crippen molar-refractivity contribution in [1.82, 2.24) is 9.55 Å². The average molecular weight is 277 g/mol. The van der Waals surface area contributed by atoms with Gasteiger partial charge in [-0.3, -0.25) is 15.2 Å². The van der Waals surface area contributed by atoms with Gasteiger partial charge in [-0.2, -0.15) is 0 Å². The van der Waals surface area contributed by atoms with Crippen LogP contribution in [0.25, 0.3) is 0 Å². The zero-order chi connectivity index (χ0) is 14.0. The molecule has 1 unspecified atom stereocenters. The van der Waals surface area contributed by atoms with Crippen LogP contribution >= 0.6 is 11.6 Å². The summed E-state index contributed by atoms with van der Waals surface area (Å²) >= 11 is 5.97. The summed E-state index contributed by atoms with van der Waals surface area (Å²) in [7, 11) is 0. The Labute approximate surface area is 115 Å². The van der Waals surface area contributed by atoms with Crippen molar-refractivity contribution in [3.8, 4) is 0 Å². The fourth-order valence-corrected chi connectivity index (χ4v) is 2.09. The number of nitrogens with zero attached hydrogens (tertiary/aromatic N) is 2. The molecule has 0 aliphatic heterocycles. The molecule has 0 saturated carbocycles. The lowest BCUT2D eigenvalue weighted by Gasteiger charge is -2.18. The van der Waals surface area contributed by atoms with Gasteiger partial charge in [-0.05, 0) is 30.7 Å². The second kappa shape index (κ2) is 5.24. The molecule has 2 heterocycles. The van der Waals surface area contributed by atoms with Crippen molar-refractivity contribution in [1.29, 1.82) is 5.41 Å². The van der Waals surface area contributed by atoms with Crippen molar-refractivity contribution in [2.24, 2.45) is 5.73 Å². The fourth-order valence-electron chi connectivity index (χ4n) is 1.88. The number of pyridine rings is 2. The summed E-state index contributed by atoms with van der Waals surface area (Å²) in [6.07, 6.45) is 4.96. The van der Waals surface area contributed by atoms with Gasteiger partial charge in [0.15, 0.2) is 0 Å². The predicted octanol–water partition coefficient (Wildman–Crippen LogP) is 1.72. The lowest BCUT2D eigenvalue weighted by Crippen LogP contribution is -2.31.